The van der Waals surface area contributed by atoms with Crippen molar-refractivity contribution in [2.75, 3.05) is 12.3 Å². The van der Waals surface area contributed by atoms with Crippen molar-refractivity contribution in [3.05, 3.63) is 36.0 Å². The Morgan fingerprint density at radius 1 is 1.43 bits per heavy atom. The molecule has 21 heavy (non-hydrogen) atoms. The van der Waals surface area contributed by atoms with E-state index in [9.17, 15) is 4.79 Å². The van der Waals surface area contributed by atoms with E-state index >= 15 is 0 Å². The second kappa shape index (κ2) is 5.69. The molecule has 1 amide bonds. The highest BCUT2D eigenvalue weighted by Gasteiger charge is 2.31. The molecular weight excluding hydrogens is 266 g/mol. The molecule has 0 saturated heterocycles. The summed E-state index contributed by atoms with van der Waals surface area (Å²) in [5.41, 5.74) is 6.29. The number of anilines is 1. The minimum atomic E-state index is -0.174. The molecule has 0 aliphatic heterocycles. The molecule has 1 aliphatic rings. The molecule has 2 aromatic rings. The molecule has 1 fully saturated rings. The van der Waals surface area contributed by atoms with Crippen molar-refractivity contribution >= 4 is 22.5 Å². The van der Waals surface area contributed by atoms with E-state index in [2.05, 4.69) is 10.3 Å². The zero-order chi connectivity index (χ0) is 14.8. The summed E-state index contributed by atoms with van der Waals surface area (Å²) in [6.45, 7) is 2.70. The fraction of sp³-hybridized carbons (Fsp3) is 0.375. The van der Waals surface area contributed by atoms with Crippen LogP contribution in [-0.4, -0.2) is 29.6 Å². The Labute approximate surface area is 123 Å². The normalized spacial score (nSPS) is 21.0. The van der Waals surface area contributed by atoms with Crippen LogP contribution in [0.3, 0.4) is 0 Å². The van der Waals surface area contributed by atoms with Crippen LogP contribution in [0.15, 0.2) is 30.3 Å². The smallest absolute Gasteiger partial charge is 0.270 e. The topological polar surface area (TPSA) is 77.2 Å². The van der Waals surface area contributed by atoms with Gasteiger partial charge in [-0.05, 0) is 31.2 Å². The number of nitrogens with two attached hydrogens (primary N) is 1. The van der Waals surface area contributed by atoms with E-state index in [-0.39, 0.29) is 18.1 Å². The first-order valence-electron chi connectivity index (χ1n) is 7.25. The predicted octanol–water partition coefficient (Wildman–Crippen LogP) is 2.11. The van der Waals surface area contributed by atoms with Gasteiger partial charge < -0.3 is 15.8 Å². The summed E-state index contributed by atoms with van der Waals surface area (Å²) in [7, 11) is 0. The van der Waals surface area contributed by atoms with E-state index in [0.29, 0.717) is 18.1 Å². The number of pyridine rings is 1. The first-order valence-corrected chi connectivity index (χ1v) is 7.25. The van der Waals surface area contributed by atoms with Crippen LogP contribution >= 0.6 is 0 Å². The third-order valence-electron chi connectivity index (χ3n) is 3.83. The number of carbonyl (C=O) groups is 1. The van der Waals surface area contributed by atoms with Crippen molar-refractivity contribution < 1.29 is 9.53 Å². The van der Waals surface area contributed by atoms with Crippen LogP contribution in [0.4, 0.5) is 5.82 Å². The molecule has 1 saturated carbocycles. The van der Waals surface area contributed by atoms with Crippen LogP contribution in [-0.2, 0) is 4.74 Å². The van der Waals surface area contributed by atoms with Crippen LogP contribution in [0, 0.1) is 0 Å². The van der Waals surface area contributed by atoms with Crippen molar-refractivity contribution in [1.82, 2.24) is 10.3 Å². The van der Waals surface area contributed by atoms with Gasteiger partial charge >= 0.3 is 0 Å². The lowest BCUT2D eigenvalue weighted by Gasteiger charge is -2.35. The molecule has 5 heteroatoms. The molecule has 3 rings (SSSR count). The summed E-state index contributed by atoms with van der Waals surface area (Å²) < 4.78 is 5.49. The number of nitrogens with one attached hydrogen (secondary N) is 1. The van der Waals surface area contributed by atoms with Gasteiger partial charge in [0.2, 0.25) is 0 Å². The predicted molar refractivity (Wildman–Crippen MR) is 82.1 cm³/mol. The third-order valence-corrected chi connectivity index (χ3v) is 3.83. The maximum atomic E-state index is 12.2. The minimum absolute atomic E-state index is 0.170. The van der Waals surface area contributed by atoms with Crippen LogP contribution in [0.25, 0.3) is 10.8 Å². The van der Waals surface area contributed by atoms with Crippen molar-refractivity contribution in [2.45, 2.75) is 31.9 Å². The van der Waals surface area contributed by atoms with E-state index < -0.39 is 0 Å². The summed E-state index contributed by atoms with van der Waals surface area (Å²) >= 11 is 0. The Morgan fingerprint density at radius 3 is 2.95 bits per heavy atom. The number of nitrogens with zero attached hydrogens (tertiary/aromatic N) is 1. The Bertz CT molecular complexity index is 666. The zero-order valence-corrected chi connectivity index (χ0v) is 12.0. The molecule has 1 aromatic heterocycles. The van der Waals surface area contributed by atoms with E-state index in [1.807, 2.05) is 31.2 Å². The molecule has 5 nitrogen and oxygen atoms in total. The van der Waals surface area contributed by atoms with Gasteiger partial charge in [-0.15, -0.1) is 0 Å². The molecule has 0 atom stereocenters. The Kier molecular flexibility index (Phi) is 3.75. The highest BCUT2D eigenvalue weighted by atomic mass is 16.5. The highest BCUT2D eigenvalue weighted by molar-refractivity contribution is 5.99. The Balaban J connectivity index is 1.71. The van der Waals surface area contributed by atoms with Gasteiger partial charge in [-0.1, -0.05) is 24.3 Å². The fourth-order valence-electron chi connectivity index (χ4n) is 2.66. The average molecular weight is 285 g/mol. The molecule has 0 bridgehead atoms. The van der Waals surface area contributed by atoms with E-state index in [1.165, 1.54) is 0 Å². The second-order valence-electron chi connectivity index (χ2n) is 5.33. The third kappa shape index (κ3) is 2.83. The monoisotopic (exact) mass is 285 g/mol. The summed E-state index contributed by atoms with van der Waals surface area (Å²) in [6.07, 6.45) is 2.00. The lowest BCUT2D eigenvalue weighted by atomic mass is 9.89. The van der Waals surface area contributed by atoms with E-state index in [4.69, 9.17) is 10.5 Å². The Hall–Kier alpha value is -2.14. The van der Waals surface area contributed by atoms with E-state index in [1.54, 1.807) is 6.07 Å². The Morgan fingerprint density at radius 2 is 2.19 bits per heavy atom. The standard InChI is InChI=1S/C16H19N3O2/c1-2-21-12-8-11(9-12)18-16(20)14-7-10-5-3-4-6-13(10)15(17)19-14/h3-7,11-12H,2,8-9H2,1H3,(H2,17,19)(H,18,20). The number of rotatable bonds is 4. The number of benzene rings is 1. The van der Waals surface area contributed by atoms with Crippen LogP contribution in [0.5, 0.6) is 0 Å². The van der Waals surface area contributed by atoms with Gasteiger partial charge in [-0.25, -0.2) is 4.98 Å². The maximum Gasteiger partial charge on any atom is 0.270 e. The van der Waals surface area contributed by atoms with Crippen LogP contribution in [0.1, 0.15) is 30.3 Å². The maximum absolute atomic E-state index is 12.2. The summed E-state index contributed by atoms with van der Waals surface area (Å²) in [5.74, 6) is 0.214. The van der Waals surface area contributed by atoms with Crippen molar-refractivity contribution in [1.29, 1.82) is 0 Å². The van der Waals surface area contributed by atoms with Gasteiger partial charge in [-0.3, -0.25) is 4.79 Å². The molecular formula is C16H19N3O2. The first kappa shape index (κ1) is 13.8. The average Bonchev–Trinajstić information content (AvgIpc) is 2.45. The van der Waals surface area contributed by atoms with Gasteiger partial charge in [-0.2, -0.15) is 0 Å². The van der Waals surface area contributed by atoms with Gasteiger partial charge in [0.05, 0.1) is 6.10 Å². The molecule has 0 unspecified atom stereocenters. The van der Waals surface area contributed by atoms with Gasteiger partial charge in [0.15, 0.2) is 0 Å². The molecule has 110 valence electrons. The number of ether oxygens (including phenoxy) is 1. The number of aromatic nitrogens is 1. The van der Waals surface area contributed by atoms with Crippen molar-refractivity contribution in [3.63, 3.8) is 0 Å². The van der Waals surface area contributed by atoms with Gasteiger partial charge in [0.1, 0.15) is 11.5 Å². The SMILES string of the molecule is CCOC1CC(NC(=O)c2cc3ccccc3c(N)n2)C1. The molecule has 0 spiro atoms. The second-order valence-corrected chi connectivity index (χ2v) is 5.33. The number of amides is 1. The fourth-order valence-corrected chi connectivity index (χ4v) is 2.66. The lowest BCUT2D eigenvalue weighted by molar-refractivity contribution is -0.00866. The number of hydrogen-bond donors (Lipinski definition) is 2. The number of fused-ring (bicyclic) bond motifs is 1. The van der Waals surface area contributed by atoms with Crippen molar-refractivity contribution in [2.24, 2.45) is 0 Å². The molecule has 1 heterocycles. The number of carbonyl (C=O) groups excluding carboxylic acids is 1. The summed E-state index contributed by atoms with van der Waals surface area (Å²) in [6, 6.07) is 9.60. The highest BCUT2D eigenvalue weighted by Crippen LogP contribution is 2.24. The van der Waals surface area contributed by atoms with Gasteiger partial charge in [0.25, 0.3) is 5.91 Å². The zero-order valence-electron chi connectivity index (χ0n) is 12.0. The minimum Gasteiger partial charge on any atom is -0.383 e. The lowest BCUT2D eigenvalue weighted by Crippen LogP contribution is -2.48. The van der Waals surface area contributed by atoms with Crippen LogP contribution in [0.2, 0.25) is 0 Å². The van der Waals surface area contributed by atoms with Crippen molar-refractivity contribution in [3.8, 4) is 0 Å². The quantitative estimate of drug-likeness (QED) is 0.902. The van der Waals surface area contributed by atoms with Crippen LogP contribution < -0.4 is 11.1 Å². The summed E-state index contributed by atoms with van der Waals surface area (Å²) in [5, 5.41) is 4.77. The first-order chi connectivity index (χ1) is 10.2. The van der Waals surface area contributed by atoms with Gasteiger partial charge in [0, 0.05) is 18.0 Å². The molecule has 3 N–H and O–H groups in total. The molecule has 0 radical (unpaired) electrons. The number of nitrogen functional groups attached to an aromatic ring is 1. The molecule has 1 aromatic carbocycles. The largest absolute Gasteiger partial charge is 0.383 e. The summed E-state index contributed by atoms with van der Waals surface area (Å²) in [4.78, 5) is 16.4. The van der Waals surface area contributed by atoms with E-state index in [0.717, 1.165) is 23.6 Å². The number of hydrogen-bond acceptors (Lipinski definition) is 4. The molecule has 1 aliphatic carbocycles.